The van der Waals surface area contributed by atoms with E-state index in [1.165, 1.54) is 12.1 Å². The molecule has 0 aliphatic carbocycles. The van der Waals surface area contributed by atoms with Crippen molar-refractivity contribution >= 4 is 5.78 Å². The number of ketones is 1. The number of rotatable bonds is 3. The number of halogens is 1. The van der Waals surface area contributed by atoms with Crippen LogP contribution in [-0.2, 0) is 0 Å². The fourth-order valence-electron chi connectivity index (χ4n) is 0.800. The maximum atomic E-state index is 12.3. The Balaban J connectivity index is 2.75. The van der Waals surface area contributed by atoms with Gasteiger partial charge in [-0.2, -0.15) is 0 Å². The van der Waals surface area contributed by atoms with Crippen molar-refractivity contribution in [1.82, 2.24) is 4.98 Å². The van der Waals surface area contributed by atoms with E-state index in [2.05, 4.69) is 4.98 Å². The zero-order chi connectivity index (χ0) is 8.97. The monoisotopic (exact) mass is 168 g/mol. The number of pyridine rings is 1. The maximum absolute atomic E-state index is 12.3. The first kappa shape index (κ1) is 8.80. The van der Waals surface area contributed by atoms with E-state index in [0.717, 1.165) is 6.20 Å². The van der Waals surface area contributed by atoms with Crippen molar-refractivity contribution in [1.29, 1.82) is 0 Å². The number of aromatic nitrogens is 1. The van der Waals surface area contributed by atoms with Crippen LogP contribution in [-0.4, -0.2) is 17.3 Å². The van der Waals surface area contributed by atoms with E-state index >= 15 is 0 Å². The topological polar surface area (TPSA) is 56.0 Å². The zero-order valence-corrected chi connectivity index (χ0v) is 6.46. The second kappa shape index (κ2) is 3.92. The molecular formula is C8H9FN2O. The van der Waals surface area contributed by atoms with Gasteiger partial charge in [0.15, 0.2) is 5.78 Å². The van der Waals surface area contributed by atoms with E-state index < -0.39 is 5.82 Å². The van der Waals surface area contributed by atoms with Crippen molar-refractivity contribution in [2.75, 3.05) is 6.54 Å². The molecule has 64 valence electrons. The van der Waals surface area contributed by atoms with Gasteiger partial charge in [-0.3, -0.25) is 9.78 Å². The summed E-state index contributed by atoms with van der Waals surface area (Å²) >= 11 is 0. The highest BCUT2D eigenvalue weighted by atomic mass is 19.1. The second-order valence-corrected chi connectivity index (χ2v) is 2.32. The summed E-state index contributed by atoms with van der Waals surface area (Å²) in [5.74, 6) is -0.600. The first-order chi connectivity index (χ1) is 5.74. The Morgan fingerprint density at radius 2 is 2.33 bits per heavy atom. The zero-order valence-electron chi connectivity index (χ0n) is 6.46. The van der Waals surface area contributed by atoms with Gasteiger partial charge in [-0.15, -0.1) is 0 Å². The molecule has 1 heterocycles. The second-order valence-electron chi connectivity index (χ2n) is 2.32. The van der Waals surface area contributed by atoms with Gasteiger partial charge in [0.05, 0.1) is 6.20 Å². The quantitative estimate of drug-likeness (QED) is 0.677. The molecule has 0 saturated carbocycles. The molecule has 3 nitrogen and oxygen atoms in total. The molecule has 1 aromatic heterocycles. The summed E-state index contributed by atoms with van der Waals surface area (Å²) < 4.78 is 12.3. The Labute approximate surface area is 69.4 Å². The van der Waals surface area contributed by atoms with Crippen molar-refractivity contribution in [3.05, 3.63) is 29.8 Å². The number of carbonyl (C=O) groups is 1. The molecule has 4 heteroatoms. The molecule has 1 aromatic rings. The molecule has 0 saturated heterocycles. The molecule has 0 bridgehead atoms. The van der Waals surface area contributed by atoms with Gasteiger partial charge in [-0.05, 0) is 18.7 Å². The highest BCUT2D eigenvalue weighted by Crippen LogP contribution is 2.00. The standard InChI is InChI=1S/C8H9FN2O/c9-6-1-2-7(11-5-6)8(12)3-4-10/h1-2,5H,3-4,10H2. The third kappa shape index (κ3) is 2.10. The van der Waals surface area contributed by atoms with Gasteiger partial charge >= 0.3 is 0 Å². The Morgan fingerprint density at radius 1 is 1.58 bits per heavy atom. The molecular weight excluding hydrogens is 159 g/mol. The fourth-order valence-corrected chi connectivity index (χ4v) is 0.800. The lowest BCUT2D eigenvalue weighted by Crippen LogP contribution is -2.09. The van der Waals surface area contributed by atoms with Gasteiger partial charge in [-0.1, -0.05) is 0 Å². The van der Waals surface area contributed by atoms with Crippen molar-refractivity contribution in [2.24, 2.45) is 5.73 Å². The molecule has 0 radical (unpaired) electrons. The Bertz CT molecular complexity index is 271. The maximum Gasteiger partial charge on any atom is 0.182 e. The molecule has 0 aromatic carbocycles. The summed E-state index contributed by atoms with van der Waals surface area (Å²) in [5.41, 5.74) is 5.44. The predicted octanol–water partition coefficient (Wildman–Crippen LogP) is 0.752. The third-order valence-electron chi connectivity index (χ3n) is 1.38. The van der Waals surface area contributed by atoms with Crippen molar-refractivity contribution < 1.29 is 9.18 Å². The first-order valence-corrected chi connectivity index (χ1v) is 3.59. The fraction of sp³-hybridized carbons (Fsp3) is 0.250. The van der Waals surface area contributed by atoms with Gasteiger partial charge in [0, 0.05) is 6.42 Å². The van der Waals surface area contributed by atoms with E-state index in [4.69, 9.17) is 5.73 Å². The molecule has 0 aliphatic rings. The van der Waals surface area contributed by atoms with Crippen LogP contribution in [0, 0.1) is 5.82 Å². The number of carbonyl (C=O) groups excluding carboxylic acids is 1. The predicted molar refractivity (Wildman–Crippen MR) is 42.2 cm³/mol. The van der Waals surface area contributed by atoms with E-state index in [1.807, 2.05) is 0 Å². The molecule has 0 unspecified atom stereocenters. The highest BCUT2D eigenvalue weighted by molar-refractivity contribution is 5.94. The lowest BCUT2D eigenvalue weighted by Gasteiger charge is -1.96. The van der Waals surface area contributed by atoms with E-state index in [0.29, 0.717) is 0 Å². The molecule has 0 spiro atoms. The average molecular weight is 168 g/mol. The highest BCUT2D eigenvalue weighted by Gasteiger charge is 2.04. The Hall–Kier alpha value is -1.29. The van der Waals surface area contributed by atoms with Gasteiger partial charge in [-0.25, -0.2) is 4.39 Å². The van der Waals surface area contributed by atoms with E-state index in [1.54, 1.807) is 0 Å². The van der Waals surface area contributed by atoms with Gasteiger partial charge in [0.2, 0.25) is 0 Å². The van der Waals surface area contributed by atoms with Crippen LogP contribution in [0.1, 0.15) is 16.9 Å². The minimum Gasteiger partial charge on any atom is -0.330 e. The molecule has 1 rings (SSSR count). The van der Waals surface area contributed by atoms with Crippen molar-refractivity contribution in [3.8, 4) is 0 Å². The SMILES string of the molecule is NCCC(=O)c1ccc(F)cn1. The van der Waals surface area contributed by atoms with Crippen LogP contribution < -0.4 is 5.73 Å². The lowest BCUT2D eigenvalue weighted by atomic mass is 10.2. The summed E-state index contributed by atoms with van der Waals surface area (Å²) in [6, 6.07) is 2.56. The van der Waals surface area contributed by atoms with Crippen molar-refractivity contribution in [3.63, 3.8) is 0 Å². The van der Waals surface area contributed by atoms with Gasteiger partial charge < -0.3 is 5.73 Å². The van der Waals surface area contributed by atoms with Crippen LogP contribution in [0.15, 0.2) is 18.3 Å². The molecule has 0 atom stereocenters. The summed E-state index contributed by atoms with van der Waals surface area (Å²) in [4.78, 5) is 14.7. The summed E-state index contributed by atoms with van der Waals surface area (Å²) in [5, 5.41) is 0. The van der Waals surface area contributed by atoms with Crippen LogP contribution in [0.2, 0.25) is 0 Å². The van der Waals surface area contributed by atoms with Crippen LogP contribution in [0.25, 0.3) is 0 Å². The summed E-state index contributed by atoms with van der Waals surface area (Å²) in [7, 11) is 0. The van der Waals surface area contributed by atoms with Gasteiger partial charge in [0.1, 0.15) is 11.5 Å². The smallest absolute Gasteiger partial charge is 0.182 e. The van der Waals surface area contributed by atoms with E-state index in [9.17, 15) is 9.18 Å². The Kier molecular flexibility index (Phi) is 2.88. The third-order valence-corrected chi connectivity index (χ3v) is 1.38. The number of hydrogen-bond donors (Lipinski definition) is 1. The van der Waals surface area contributed by atoms with Gasteiger partial charge in [0.25, 0.3) is 0 Å². The average Bonchev–Trinajstić information content (AvgIpc) is 2.06. The number of nitrogens with zero attached hydrogens (tertiary/aromatic N) is 1. The molecule has 2 N–H and O–H groups in total. The molecule has 0 fully saturated rings. The molecule has 0 aliphatic heterocycles. The number of hydrogen-bond acceptors (Lipinski definition) is 3. The normalized spacial score (nSPS) is 9.83. The Morgan fingerprint density at radius 3 is 2.83 bits per heavy atom. The largest absolute Gasteiger partial charge is 0.330 e. The van der Waals surface area contributed by atoms with E-state index in [-0.39, 0.29) is 24.4 Å². The van der Waals surface area contributed by atoms with Crippen LogP contribution >= 0.6 is 0 Å². The van der Waals surface area contributed by atoms with Crippen LogP contribution in [0.5, 0.6) is 0 Å². The first-order valence-electron chi connectivity index (χ1n) is 3.59. The molecule has 0 amide bonds. The summed E-state index contributed by atoms with van der Waals surface area (Å²) in [6.07, 6.45) is 1.27. The minimum absolute atomic E-state index is 0.155. The minimum atomic E-state index is -0.445. The van der Waals surface area contributed by atoms with Crippen LogP contribution in [0.3, 0.4) is 0 Å². The van der Waals surface area contributed by atoms with Crippen LogP contribution in [0.4, 0.5) is 4.39 Å². The van der Waals surface area contributed by atoms with Crippen molar-refractivity contribution in [2.45, 2.75) is 6.42 Å². The molecule has 12 heavy (non-hydrogen) atoms. The number of nitrogens with two attached hydrogens (primary N) is 1. The number of Topliss-reactive ketones (excluding diaryl/α,β-unsaturated/α-hetero) is 1. The summed E-state index contributed by atoms with van der Waals surface area (Å²) in [6.45, 7) is 0.290. The lowest BCUT2D eigenvalue weighted by molar-refractivity contribution is 0.0980.